The van der Waals surface area contributed by atoms with Crippen molar-refractivity contribution in [2.45, 2.75) is 11.9 Å². The Balaban J connectivity index is 1.98. The van der Waals surface area contributed by atoms with Crippen molar-refractivity contribution in [3.63, 3.8) is 0 Å². The molecule has 0 atom stereocenters. The van der Waals surface area contributed by atoms with Gasteiger partial charge in [-0.2, -0.15) is 0 Å². The second-order valence-corrected chi connectivity index (χ2v) is 29.1. The van der Waals surface area contributed by atoms with Crippen molar-refractivity contribution < 1.29 is 16.4 Å². The molecule has 0 N–H and O–H groups in total. The fraction of sp³-hybridized carbons (Fsp3) is 0.158. The molecule has 0 heterocycles. The predicted octanol–water partition coefficient (Wildman–Crippen LogP) is 6.30. The van der Waals surface area contributed by atoms with Gasteiger partial charge in [-0.05, 0) is 0 Å². The summed E-state index contributed by atoms with van der Waals surface area (Å²) in [6, 6.07) is 20.8. The zero-order chi connectivity index (χ0) is 15.5. The zero-order valence-corrected chi connectivity index (χ0v) is 16.3. The molecule has 0 aromatic heterocycles. The molecule has 3 rings (SSSR count). The number of allylic oxidation sites excluding steroid dienone is 4. The molecule has 0 bridgehead atoms. The summed E-state index contributed by atoms with van der Waals surface area (Å²) >= 11 is -4.06. The summed E-state index contributed by atoms with van der Waals surface area (Å²) in [6.07, 6.45) is 8.49. The second kappa shape index (κ2) is 6.48. The van der Waals surface area contributed by atoms with E-state index in [0.717, 1.165) is 8.26 Å². The van der Waals surface area contributed by atoms with Gasteiger partial charge in [0.05, 0.1) is 0 Å². The van der Waals surface area contributed by atoms with Crippen LogP contribution in [0.15, 0.2) is 85.0 Å². The van der Waals surface area contributed by atoms with Crippen LogP contribution in [0, 0.1) is 0 Å². The molecule has 0 nitrogen and oxygen atoms in total. The topological polar surface area (TPSA) is 0 Å². The summed E-state index contributed by atoms with van der Waals surface area (Å²) in [6.45, 7) is 0. The molecular formula is C19H19Cl2Zr. The molecule has 0 saturated heterocycles. The van der Waals surface area contributed by atoms with Crippen molar-refractivity contribution in [2.24, 2.45) is 0 Å². The normalized spacial score (nSPS) is 16.5. The first-order valence-corrected chi connectivity index (χ1v) is 18.8. The SMILES string of the molecule is [Cl][Zr]([Cl])([CH2]c1ccccc1)([CH2]c1ccccc1)[CH]1C=CC=C1. The Morgan fingerprint density at radius 1 is 0.682 bits per heavy atom. The van der Waals surface area contributed by atoms with E-state index in [2.05, 4.69) is 72.8 Å². The van der Waals surface area contributed by atoms with E-state index in [1.807, 2.05) is 12.1 Å². The first-order valence-electron chi connectivity index (χ1n) is 7.57. The Kier molecular flexibility index (Phi) is 4.78. The van der Waals surface area contributed by atoms with E-state index < -0.39 is 16.4 Å². The number of hydrogen-bond donors (Lipinski definition) is 0. The summed E-state index contributed by atoms with van der Waals surface area (Å²) in [7, 11) is 14.7. The van der Waals surface area contributed by atoms with Crippen molar-refractivity contribution in [1.82, 2.24) is 0 Å². The van der Waals surface area contributed by atoms with Crippen molar-refractivity contribution in [2.75, 3.05) is 0 Å². The van der Waals surface area contributed by atoms with Crippen LogP contribution in [0.1, 0.15) is 11.1 Å². The first kappa shape index (κ1) is 16.2. The van der Waals surface area contributed by atoms with Gasteiger partial charge in [0, 0.05) is 0 Å². The Morgan fingerprint density at radius 3 is 1.50 bits per heavy atom. The molecule has 3 heteroatoms. The van der Waals surface area contributed by atoms with Crippen molar-refractivity contribution in [3.8, 4) is 0 Å². The van der Waals surface area contributed by atoms with Gasteiger partial charge < -0.3 is 0 Å². The maximum absolute atomic E-state index is 7.34. The predicted molar refractivity (Wildman–Crippen MR) is 94.0 cm³/mol. The Morgan fingerprint density at radius 2 is 1.09 bits per heavy atom. The molecule has 113 valence electrons. The Hall–Kier alpha value is -0.617. The third kappa shape index (κ3) is 3.65. The van der Waals surface area contributed by atoms with Crippen LogP contribution in [0.2, 0.25) is 3.63 Å². The zero-order valence-electron chi connectivity index (χ0n) is 12.3. The molecule has 0 unspecified atom stereocenters. The second-order valence-electron chi connectivity index (χ2n) is 6.10. The third-order valence-corrected chi connectivity index (χ3v) is 20.5. The standard InChI is InChI=1S/2C7H7.C5H5.2ClH.Zr/c2*1-7-5-3-2-4-6-7;1-2-4-5-3-1;;;/h2*2-6H,1H2;1-5H;2*1H;/q;;;;;+2/p-2. The fourth-order valence-electron chi connectivity index (χ4n) is 3.17. The van der Waals surface area contributed by atoms with E-state index in [0.29, 0.717) is 0 Å². The van der Waals surface area contributed by atoms with E-state index in [1.165, 1.54) is 11.1 Å². The average Bonchev–Trinajstić information content (AvgIpc) is 3.04. The van der Waals surface area contributed by atoms with E-state index in [-0.39, 0.29) is 3.63 Å². The number of benzene rings is 2. The van der Waals surface area contributed by atoms with Crippen molar-refractivity contribution >= 4 is 17.0 Å². The number of halogens is 2. The van der Waals surface area contributed by atoms with Crippen LogP contribution in [-0.2, 0) is 24.7 Å². The van der Waals surface area contributed by atoms with Gasteiger partial charge in [-0.1, -0.05) is 0 Å². The van der Waals surface area contributed by atoms with Gasteiger partial charge in [0.2, 0.25) is 0 Å². The third-order valence-electron chi connectivity index (χ3n) is 4.29. The van der Waals surface area contributed by atoms with Crippen LogP contribution in [-0.4, -0.2) is 0 Å². The first-order chi connectivity index (χ1) is 10.6. The maximum atomic E-state index is 7.34. The van der Waals surface area contributed by atoms with E-state index >= 15 is 0 Å². The molecule has 1 aliphatic rings. The van der Waals surface area contributed by atoms with Crippen LogP contribution in [0.3, 0.4) is 0 Å². The molecular weight excluding hydrogens is 390 g/mol. The van der Waals surface area contributed by atoms with Crippen LogP contribution in [0.25, 0.3) is 0 Å². The molecule has 0 spiro atoms. The molecule has 0 aliphatic heterocycles. The van der Waals surface area contributed by atoms with Crippen LogP contribution in [0.5, 0.6) is 0 Å². The van der Waals surface area contributed by atoms with Crippen LogP contribution in [0.4, 0.5) is 0 Å². The minimum absolute atomic E-state index is 0.199. The number of hydrogen-bond acceptors (Lipinski definition) is 0. The van der Waals surface area contributed by atoms with E-state index in [4.69, 9.17) is 17.0 Å². The molecule has 2 aromatic carbocycles. The molecule has 0 fully saturated rings. The Bertz CT molecular complexity index is 632. The quantitative estimate of drug-likeness (QED) is 0.544. The molecule has 1 aliphatic carbocycles. The summed E-state index contributed by atoms with van der Waals surface area (Å²) in [4.78, 5) is 0. The molecule has 0 radical (unpaired) electrons. The van der Waals surface area contributed by atoms with E-state index in [1.54, 1.807) is 0 Å². The van der Waals surface area contributed by atoms with Crippen LogP contribution < -0.4 is 0 Å². The van der Waals surface area contributed by atoms with Gasteiger partial charge in [-0.3, -0.25) is 0 Å². The monoisotopic (exact) mass is 407 g/mol. The fourth-order valence-corrected chi connectivity index (χ4v) is 17.9. The summed E-state index contributed by atoms with van der Waals surface area (Å²) in [5.74, 6) is 0. The van der Waals surface area contributed by atoms with Gasteiger partial charge in [-0.15, -0.1) is 0 Å². The van der Waals surface area contributed by atoms with Crippen molar-refractivity contribution in [3.05, 3.63) is 96.1 Å². The summed E-state index contributed by atoms with van der Waals surface area (Å²) in [5.41, 5.74) is 2.48. The average molecular weight is 409 g/mol. The van der Waals surface area contributed by atoms with Gasteiger partial charge in [0.15, 0.2) is 0 Å². The molecule has 2 aromatic rings. The van der Waals surface area contributed by atoms with Gasteiger partial charge in [-0.25, -0.2) is 0 Å². The number of rotatable bonds is 5. The molecule has 0 amide bonds. The van der Waals surface area contributed by atoms with Gasteiger partial charge in [0.25, 0.3) is 0 Å². The molecule has 0 saturated carbocycles. The van der Waals surface area contributed by atoms with E-state index in [9.17, 15) is 0 Å². The summed E-state index contributed by atoms with van der Waals surface area (Å²) in [5, 5.41) is 0. The van der Waals surface area contributed by atoms with Crippen molar-refractivity contribution in [1.29, 1.82) is 0 Å². The van der Waals surface area contributed by atoms with Gasteiger partial charge >= 0.3 is 141 Å². The molecule has 22 heavy (non-hydrogen) atoms. The minimum atomic E-state index is -4.06. The van der Waals surface area contributed by atoms with Gasteiger partial charge in [0.1, 0.15) is 0 Å². The van der Waals surface area contributed by atoms with Crippen LogP contribution >= 0.6 is 17.0 Å². The Labute approximate surface area is 140 Å². The summed E-state index contributed by atoms with van der Waals surface area (Å²) < 4.78 is 1.81.